The van der Waals surface area contributed by atoms with Crippen LogP contribution in [0.3, 0.4) is 0 Å². The summed E-state index contributed by atoms with van der Waals surface area (Å²) in [5, 5.41) is 3.69. The lowest BCUT2D eigenvalue weighted by molar-refractivity contribution is 0.103. The van der Waals surface area contributed by atoms with E-state index in [1.807, 2.05) is 36.4 Å². The fourth-order valence-corrected chi connectivity index (χ4v) is 4.89. The maximum absolute atomic E-state index is 13.0. The Morgan fingerprint density at radius 3 is 2.71 bits per heavy atom. The van der Waals surface area contributed by atoms with Gasteiger partial charge in [-0.2, -0.15) is 0 Å². The summed E-state index contributed by atoms with van der Waals surface area (Å²) in [7, 11) is 0. The molecule has 0 unspecified atom stereocenters. The largest absolute Gasteiger partial charge is 0.469 e. The van der Waals surface area contributed by atoms with Crippen LogP contribution in [0.4, 0.5) is 16.4 Å². The van der Waals surface area contributed by atoms with E-state index >= 15 is 0 Å². The van der Waals surface area contributed by atoms with Crippen molar-refractivity contribution < 1.29 is 9.21 Å². The highest BCUT2D eigenvalue weighted by molar-refractivity contribution is 9.10. The molecule has 160 valence electrons. The van der Waals surface area contributed by atoms with Crippen molar-refractivity contribution >= 4 is 55.3 Å². The standard InChI is InChI=1S/C24H24BrN3O2S/c1-15-6-3-2-4-8-20(15)28-24-19(14-18-7-5-13-30-18)21(26)22(31-24)23(29)27-17-11-9-16(25)10-12-17/h5,7,9-13H,1-4,6,8,14,26H2,(H,27,29)/b28-20-. The molecule has 1 fully saturated rings. The van der Waals surface area contributed by atoms with Crippen LogP contribution in [0.15, 0.2) is 68.7 Å². The van der Waals surface area contributed by atoms with Crippen LogP contribution in [0.25, 0.3) is 0 Å². The number of aliphatic imine (C=N–C) groups is 1. The van der Waals surface area contributed by atoms with Gasteiger partial charge in [-0.3, -0.25) is 4.79 Å². The molecule has 1 saturated carbocycles. The van der Waals surface area contributed by atoms with Gasteiger partial charge in [-0.1, -0.05) is 28.9 Å². The maximum Gasteiger partial charge on any atom is 0.267 e. The molecule has 5 nitrogen and oxygen atoms in total. The molecule has 1 aliphatic carbocycles. The van der Waals surface area contributed by atoms with E-state index in [0.29, 0.717) is 22.7 Å². The van der Waals surface area contributed by atoms with E-state index in [0.717, 1.165) is 57.8 Å². The van der Waals surface area contributed by atoms with Gasteiger partial charge >= 0.3 is 0 Å². The molecule has 1 amide bonds. The van der Waals surface area contributed by atoms with Crippen molar-refractivity contribution in [3.8, 4) is 0 Å². The van der Waals surface area contributed by atoms with Crippen molar-refractivity contribution in [1.82, 2.24) is 0 Å². The Labute approximate surface area is 194 Å². The van der Waals surface area contributed by atoms with Gasteiger partial charge in [0, 0.05) is 27.9 Å². The zero-order valence-electron chi connectivity index (χ0n) is 17.1. The second-order valence-electron chi connectivity index (χ2n) is 7.57. The number of hydrogen-bond donors (Lipinski definition) is 2. The van der Waals surface area contributed by atoms with Crippen LogP contribution in [-0.2, 0) is 6.42 Å². The third-order valence-electron chi connectivity index (χ3n) is 5.30. The molecule has 0 bridgehead atoms. The van der Waals surface area contributed by atoms with Gasteiger partial charge in [0.05, 0.1) is 12.0 Å². The lowest BCUT2D eigenvalue weighted by Crippen LogP contribution is -2.12. The molecule has 0 atom stereocenters. The molecule has 1 aliphatic rings. The highest BCUT2D eigenvalue weighted by atomic mass is 79.9. The molecule has 3 N–H and O–H groups in total. The predicted molar refractivity (Wildman–Crippen MR) is 132 cm³/mol. The Morgan fingerprint density at radius 1 is 1.19 bits per heavy atom. The highest BCUT2D eigenvalue weighted by Gasteiger charge is 2.23. The number of halogens is 1. The minimum Gasteiger partial charge on any atom is -0.469 e. The van der Waals surface area contributed by atoms with Crippen molar-refractivity contribution in [2.75, 3.05) is 11.1 Å². The number of nitrogen functional groups attached to an aromatic ring is 1. The zero-order valence-corrected chi connectivity index (χ0v) is 19.5. The van der Waals surface area contributed by atoms with Crippen LogP contribution < -0.4 is 11.1 Å². The van der Waals surface area contributed by atoms with Gasteiger partial charge in [0.25, 0.3) is 5.91 Å². The van der Waals surface area contributed by atoms with Crippen LogP contribution in [-0.4, -0.2) is 11.6 Å². The molecule has 4 rings (SSSR count). The first-order chi connectivity index (χ1) is 15.0. The van der Waals surface area contributed by atoms with E-state index in [1.54, 1.807) is 6.26 Å². The number of carbonyl (C=O) groups is 1. The third-order valence-corrected chi connectivity index (χ3v) is 6.97. The molecule has 0 saturated heterocycles. The van der Waals surface area contributed by atoms with Crippen molar-refractivity contribution in [2.24, 2.45) is 4.99 Å². The van der Waals surface area contributed by atoms with Gasteiger partial charge in [0.15, 0.2) is 0 Å². The van der Waals surface area contributed by atoms with Crippen molar-refractivity contribution in [3.63, 3.8) is 0 Å². The minimum absolute atomic E-state index is 0.239. The Balaban J connectivity index is 1.69. The van der Waals surface area contributed by atoms with Crippen molar-refractivity contribution in [3.05, 3.63) is 75.5 Å². The molecule has 0 spiro atoms. The average Bonchev–Trinajstić information content (AvgIpc) is 3.32. The van der Waals surface area contributed by atoms with Crippen LogP contribution in [0, 0.1) is 0 Å². The van der Waals surface area contributed by atoms with Gasteiger partial charge in [-0.05, 0) is 67.7 Å². The van der Waals surface area contributed by atoms with E-state index in [4.69, 9.17) is 15.1 Å². The number of benzene rings is 1. The average molecular weight is 498 g/mol. The van der Waals surface area contributed by atoms with E-state index < -0.39 is 0 Å². The van der Waals surface area contributed by atoms with Gasteiger partial charge in [-0.15, -0.1) is 11.3 Å². The number of allylic oxidation sites excluding steroid dienone is 1. The van der Waals surface area contributed by atoms with E-state index in [9.17, 15) is 4.79 Å². The Bertz CT molecular complexity index is 1110. The van der Waals surface area contributed by atoms with Crippen molar-refractivity contribution in [1.29, 1.82) is 0 Å². The molecular formula is C24H24BrN3O2S. The monoisotopic (exact) mass is 497 g/mol. The fraction of sp³-hybridized carbons (Fsp3) is 0.250. The van der Waals surface area contributed by atoms with E-state index in [2.05, 4.69) is 27.8 Å². The Morgan fingerprint density at radius 2 is 1.97 bits per heavy atom. The molecule has 2 heterocycles. The Hall–Kier alpha value is -2.64. The summed E-state index contributed by atoms with van der Waals surface area (Å²) in [6.45, 7) is 4.23. The summed E-state index contributed by atoms with van der Waals surface area (Å²) in [6.07, 6.45) is 7.41. The SMILES string of the molecule is C=C1CCCCC/C1=N/c1sc(C(=O)Nc2ccc(Br)cc2)c(N)c1Cc1ccco1. The zero-order chi connectivity index (χ0) is 21.8. The molecule has 31 heavy (non-hydrogen) atoms. The van der Waals surface area contributed by atoms with Crippen LogP contribution >= 0.6 is 27.3 Å². The van der Waals surface area contributed by atoms with Gasteiger partial charge in [-0.25, -0.2) is 4.99 Å². The summed E-state index contributed by atoms with van der Waals surface area (Å²) in [5.74, 6) is 0.544. The summed E-state index contributed by atoms with van der Waals surface area (Å²) in [6, 6.07) is 11.2. The molecule has 2 aromatic heterocycles. The smallest absolute Gasteiger partial charge is 0.267 e. The Kier molecular flexibility index (Phi) is 6.73. The summed E-state index contributed by atoms with van der Waals surface area (Å²) in [4.78, 5) is 18.4. The predicted octanol–water partition coefficient (Wildman–Crippen LogP) is 7.12. The number of rotatable bonds is 5. The summed E-state index contributed by atoms with van der Waals surface area (Å²) in [5.41, 5.74) is 10.6. The van der Waals surface area contributed by atoms with E-state index in [-0.39, 0.29) is 5.91 Å². The number of nitrogens with zero attached hydrogens (tertiary/aromatic N) is 1. The quantitative estimate of drug-likeness (QED) is 0.368. The number of nitrogens with one attached hydrogen (secondary N) is 1. The number of hydrogen-bond acceptors (Lipinski definition) is 5. The second-order valence-corrected chi connectivity index (χ2v) is 9.48. The maximum atomic E-state index is 13.0. The third kappa shape index (κ3) is 5.17. The summed E-state index contributed by atoms with van der Waals surface area (Å²) >= 11 is 4.73. The first-order valence-corrected chi connectivity index (χ1v) is 11.9. The second kappa shape index (κ2) is 9.66. The number of carbonyl (C=O) groups excluding carboxylic acids is 1. The number of amides is 1. The van der Waals surface area contributed by atoms with Gasteiger partial charge in [0.2, 0.25) is 0 Å². The van der Waals surface area contributed by atoms with Gasteiger partial charge in [0.1, 0.15) is 15.6 Å². The number of anilines is 2. The van der Waals surface area contributed by atoms with Gasteiger partial charge < -0.3 is 15.5 Å². The topological polar surface area (TPSA) is 80.6 Å². The van der Waals surface area contributed by atoms with Crippen LogP contribution in [0.1, 0.15) is 53.1 Å². The molecule has 0 radical (unpaired) electrons. The molecule has 7 heteroatoms. The normalized spacial score (nSPS) is 15.8. The van der Waals surface area contributed by atoms with Crippen molar-refractivity contribution in [2.45, 2.75) is 38.5 Å². The lowest BCUT2D eigenvalue weighted by Gasteiger charge is -2.06. The molecule has 3 aromatic rings. The minimum atomic E-state index is -0.239. The molecule has 1 aromatic carbocycles. The number of furan rings is 1. The number of nitrogens with two attached hydrogens (primary N) is 1. The molecule has 0 aliphatic heterocycles. The summed E-state index contributed by atoms with van der Waals surface area (Å²) < 4.78 is 6.48. The lowest BCUT2D eigenvalue weighted by atomic mass is 10.1. The van der Waals surface area contributed by atoms with Crippen LogP contribution in [0.2, 0.25) is 0 Å². The highest BCUT2D eigenvalue weighted by Crippen LogP contribution is 2.41. The fourth-order valence-electron chi connectivity index (χ4n) is 3.59. The van der Waals surface area contributed by atoms with E-state index in [1.165, 1.54) is 17.8 Å². The first kappa shape index (κ1) is 21.6. The number of thiophene rings is 1. The molecular weight excluding hydrogens is 474 g/mol. The van der Waals surface area contributed by atoms with Crippen LogP contribution in [0.5, 0.6) is 0 Å². The first-order valence-electron chi connectivity index (χ1n) is 10.3.